The van der Waals surface area contributed by atoms with Crippen molar-refractivity contribution in [3.8, 4) is 0 Å². The largest absolute Gasteiger partial charge is 0.465 e. The molecule has 1 aliphatic carbocycles. The predicted molar refractivity (Wildman–Crippen MR) is 56.1 cm³/mol. The quantitative estimate of drug-likeness (QED) is 0.690. The van der Waals surface area contributed by atoms with Gasteiger partial charge in [-0.2, -0.15) is 0 Å². The number of hydrogen-bond acceptors (Lipinski definition) is 4. The molecular formula is C11H17NO3. The molecule has 1 atom stereocenters. The van der Waals surface area contributed by atoms with Gasteiger partial charge in [0, 0.05) is 5.70 Å². The molecule has 0 aliphatic heterocycles. The number of carbonyl (C=O) groups is 2. The molecule has 0 aromatic rings. The molecule has 0 fully saturated rings. The predicted octanol–water partition coefficient (Wildman–Crippen LogP) is 1.02. The average molecular weight is 211 g/mol. The van der Waals surface area contributed by atoms with E-state index in [1.54, 1.807) is 6.92 Å². The molecule has 0 aromatic heterocycles. The van der Waals surface area contributed by atoms with Crippen molar-refractivity contribution in [3.05, 3.63) is 11.8 Å². The van der Waals surface area contributed by atoms with Gasteiger partial charge in [0.2, 0.25) is 0 Å². The molecule has 0 bridgehead atoms. The molecule has 0 saturated carbocycles. The smallest absolute Gasteiger partial charge is 0.314 e. The summed E-state index contributed by atoms with van der Waals surface area (Å²) in [4.78, 5) is 22.3. The molecule has 4 nitrogen and oxygen atoms in total. The second-order valence-electron chi connectivity index (χ2n) is 3.60. The van der Waals surface area contributed by atoms with Gasteiger partial charge in [-0.1, -0.05) is 6.08 Å². The van der Waals surface area contributed by atoms with Crippen molar-refractivity contribution < 1.29 is 14.3 Å². The summed E-state index contributed by atoms with van der Waals surface area (Å²) in [6, 6.07) is 0. The summed E-state index contributed by atoms with van der Waals surface area (Å²) in [7, 11) is 0. The number of allylic oxidation sites excluding steroid dienone is 1. The van der Waals surface area contributed by atoms with Gasteiger partial charge >= 0.3 is 5.97 Å². The van der Waals surface area contributed by atoms with Crippen LogP contribution in [-0.2, 0) is 14.3 Å². The summed E-state index contributed by atoms with van der Waals surface area (Å²) in [5.41, 5.74) is 0.837. The molecule has 15 heavy (non-hydrogen) atoms. The fraction of sp³-hybridized carbons (Fsp3) is 0.636. The maximum atomic E-state index is 11.5. The van der Waals surface area contributed by atoms with Crippen LogP contribution in [0.25, 0.3) is 0 Å². The summed E-state index contributed by atoms with van der Waals surface area (Å²) in [5, 5.41) is 2.98. The molecule has 1 aliphatic rings. The Hall–Kier alpha value is -1.32. The average Bonchev–Trinajstić information content (AvgIpc) is 2.62. The number of ether oxygens (including phenoxy) is 1. The van der Waals surface area contributed by atoms with E-state index in [9.17, 15) is 9.59 Å². The Kier molecular flexibility index (Phi) is 4.34. The van der Waals surface area contributed by atoms with Gasteiger partial charge in [0.1, 0.15) is 5.78 Å². The minimum absolute atomic E-state index is 0.0606. The molecular weight excluding hydrogens is 194 g/mol. The number of Topliss-reactive ketones (excluding diaryl/α,β-unsaturated/α-hetero) is 1. The third-order valence-corrected chi connectivity index (χ3v) is 2.31. The summed E-state index contributed by atoms with van der Waals surface area (Å²) in [5.74, 6) is -0.341. The van der Waals surface area contributed by atoms with E-state index in [-0.39, 0.29) is 24.2 Å². The van der Waals surface area contributed by atoms with Crippen LogP contribution in [-0.4, -0.2) is 24.9 Å². The first kappa shape index (κ1) is 11.8. The van der Waals surface area contributed by atoms with Crippen molar-refractivity contribution in [1.82, 2.24) is 5.32 Å². The SMILES string of the molecule is CCOC(=O)C1CCC=C1NCC(C)=O. The number of carbonyl (C=O) groups excluding carboxylic acids is 2. The van der Waals surface area contributed by atoms with Gasteiger partial charge in [-0.05, 0) is 26.7 Å². The van der Waals surface area contributed by atoms with Gasteiger partial charge in [0.15, 0.2) is 0 Å². The zero-order valence-electron chi connectivity index (χ0n) is 9.21. The summed E-state index contributed by atoms with van der Waals surface area (Å²) in [6.07, 6.45) is 3.60. The number of esters is 1. The monoisotopic (exact) mass is 211 g/mol. The number of nitrogens with one attached hydrogen (secondary N) is 1. The van der Waals surface area contributed by atoms with E-state index in [2.05, 4.69) is 5.32 Å². The van der Waals surface area contributed by atoms with Gasteiger partial charge < -0.3 is 10.1 Å². The molecule has 4 heteroatoms. The lowest BCUT2D eigenvalue weighted by molar-refractivity contribution is -0.146. The number of hydrogen-bond donors (Lipinski definition) is 1. The van der Waals surface area contributed by atoms with Crippen molar-refractivity contribution >= 4 is 11.8 Å². The van der Waals surface area contributed by atoms with Gasteiger partial charge in [-0.25, -0.2) is 0 Å². The van der Waals surface area contributed by atoms with Crippen molar-refractivity contribution in [2.75, 3.05) is 13.2 Å². The van der Waals surface area contributed by atoms with Crippen LogP contribution in [0.15, 0.2) is 11.8 Å². The van der Waals surface area contributed by atoms with E-state index in [0.717, 1.165) is 18.5 Å². The molecule has 1 rings (SSSR count). The Morgan fingerprint density at radius 3 is 2.93 bits per heavy atom. The second kappa shape index (κ2) is 5.53. The zero-order valence-corrected chi connectivity index (χ0v) is 9.21. The Bertz CT molecular complexity index is 284. The van der Waals surface area contributed by atoms with Crippen LogP contribution in [0.3, 0.4) is 0 Å². The molecule has 0 radical (unpaired) electrons. The van der Waals surface area contributed by atoms with E-state index in [1.807, 2.05) is 6.08 Å². The topological polar surface area (TPSA) is 55.4 Å². The summed E-state index contributed by atoms with van der Waals surface area (Å²) >= 11 is 0. The van der Waals surface area contributed by atoms with Crippen LogP contribution < -0.4 is 5.32 Å². The minimum Gasteiger partial charge on any atom is -0.465 e. The van der Waals surface area contributed by atoms with Crippen LogP contribution in [0.1, 0.15) is 26.7 Å². The van der Waals surface area contributed by atoms with Gasteiger partial charge in [-0.15, -0.1) is 0 Å². The highest BCUT2D eigenvalue weighted by Gasteiger charge is 2.27. The van der Waals surface area contributed by atoms with Crippen LogP contribution >= 0.6 is 0 Å². The van der Waals surface area contributed by atoms with Crippen LogP contribution in [0.5, 0.6) is 0 Å². The second-order valence-corrected chi connectivity index (χ2v) is 3.60. The van der Waals surface area contributed by atoms with Gasteiger partial charge in [0.25, 0.3) is 0 Å². The Labute approximate surface area is 89.7 Å². The van der Waals surface area contributed by atoms with Crippen molar-refractivity contribution in [2.45, 2.75) is 26.7 Å². The zero-order chi connectivity index (χ0) is 11.3. The first-order valence-corrected chi connectivity index (χ1v) is 5.25. The fourth-order valence-electron chi connectivity index (χ4n) is 1.61. The lowest BCUT2D eigenvalue weighted by Gasteiger charge is -2.14. The Balaban J connectivity index is 2.48. The minimum atomic E-state index is -0.204. The molecule has 1 N–H and O–H groups in total. The Morgan fingerprint density at radius 2 is 2.33 bits per heavy atom. The van der Waals surface area contributed by atoms with E-state index in [0.29, 0.717) is 6.61 Å². The third kappa shape index (κ3) is 3.38. The molecule has 0 amide bonds. The lowest BCUT2D eigenvalue weighted by atomic mass is 10.1. The Morgan fingerprint density at radius 1 is 1.60 bits per heavy atom. The number of rotatable bonds is 5. The fourth-order valence-corrected chi connectivity index (χ4v) is 1.61. The molecule has 0 heterocycles. The number of ketones is 1. The van der Waals surface area contributed by atoms with Crippen LogP contribution in [0, 0.1) is 5.92 Å². The maximum Gasteiger partial charge on any atom is 0.314 e. The first-order chi connectivity index (χ1) is 7.15. The molecule has 0 aromatic carbocycles. The van der Waals surface area contributed by atoms with E-state index < -0.39 is 0 Å². The normalized spacial score (nSPS) is 19.6. The van der Waals surface area contributed by atoms with Crippen LogP contribution in [0.4, 0.5) is 0 Å². The highest BCUT2D eigenvalue weighted by atomic mass is 16.5. The van der Waals surface area contributed by atoms with Crippen molar-refractivity contribution in [3.63, 3.8) is 0 Å². The molecule has 0 spiro atoms. The van der Waals surface area contributed by atoms with Crippen LogP contribution in [0.2, 0.25) is 0 Å². The molecule has 0 saturated heterocycles. The molecule has 1 unspecified atom stereocenters. The first-order valence-electron chi connectivity index (χ1n) is 5.25. The maximum absolute atomic E-state index is 11.5. The highest BCUT2D eigenvalue weighted by Crippen LogP contribution is 2.24. The van der Waals surface area contributed by atoms with Gasteiger partial charge in [-0.3, -0.25) is 9.59 Å². The standard InChI is InChI=1S/C11H17NO3/c1-3-15-11(14)9-5-4-6-10(9)12-7-8(2)13/h6,9,12H,3-5,7H2,1-2H3. The van der Waals surface area contributed by atoms with Crippen molar-refractivity contribution in [2.24, 2.45) is 5.92 Å². The third-order valence-electron chi connectivity index (χ3n) is 2.31. The van der Waals surface area contributed by atoms with E-state index in [1.165, 1.54) is 6.92 Å². The molecule has 84 valence electrons. The van der Waals surface area contributed by atoms with Crippen molar-refractivity contribution in [1.29, 1.82) is 0 Å². The highest BCUT2D eigenvalue weighted by molar-refractivity contribution is 5.79. The lowest BCUT2D eigenvalue weighted by Crippen LogP contribution is -2.28. The summed E-state index contributed by atoms with van der Waals surface area (Å²) < 4.78 is 4.96. The summed E-state index contributed by atoms with van der Waals surface area (Å²) in [6.45, 7) is 3.98. The van der Waals surface area contributed by atoms with Gasteiger partial charge in [0.05, 0.1) is 19.1 Å². The van der Waals surface area contributed by atoms with E-state index in [4.69, 9.17) is 4.74 Å². The van der Waals surface area contributed by atoms with E-state index >= 15 is 0 Å².